The summed E-state index contributed by atoms with van der Waals surface area (Å²) >= 11 is 7.54. The van der Waals surface area contributed by atoms with Crippen molar-refractivity contribution in [2.24, 2.45) is 0 Å². The lowest BCUT2D eigenvalue weighted by Gasteiger charge is -2.32. The normalized spacial score (nSPS) is 20.2. The molecule has 1 fully saturated rings. The van der Waals surface area contributed by atoms with Crippen LogP contribution in [0.5, 0.6) is 0 Å². The molecule has 0 aliphatic carbocycles. The monoisotopic (exact) mass is 246 g/mol. The van der Waals surface area contributed by atoms with Gasteiger partial charge in [-0.15, -0.1) is 0 Å². The van der Waals surface area contributed by atoms with Crippen LogP contribution in [0.25, 0.3) is 0 Å². The average molecular weight is 247 g/mol. The highest BCUT2D eigenvalue weighted by Crippen LogP contribution is 2.36. The minimum Gasteiger partial charge on any atom is -0.385 e. The number of hydrogen-bond donors (Lipinski definition) is 1. The Morgan fingerprint density at radius 1 is 1.33 bits per heavy atom. The Labute approximate surface area is 97.6 Å². The maximum Gasteiger partial charge on any atom is 0.141 e. The Bertz CT molecular complexity index is 364. The van der Waals surface area contributed by atoms with Gasteiger partial charge in [0, 0.05) is 0 Å². The van der Waals surface area contributed by atoms with E-state index in [4.69, 9.17) is 11.6 Å². The van der Waals surface area contributed by atoms with E-state index in [1.807, 2.05) is 11.8 Å². The summed E-state index contributed by atoms with van der Waals surface area (Å²) in [5.74, 6) is 1.44. The van der Waals surface area contributed by atoms with Crippen molar-refractivity contribution >= 4 is 23.4 Å². The predicted octanol–water partition coefficient (Wildman–Crippen LogP) is 3.19. The summed E-state index contributed by atoms with van der Waals surface area (Å²) < 4.78 is 13.0. The van der Waals surface area contributed by atoms with E-state index in [-0.39, 0.29) is 5.02 Å². The van der Waals surface area contributed by atoms with E-state index < -0.39 is 11.4 Å². The summed E-state index contributed by atoms with van der Waals surface area (Å²) in [6.45, 7) is 0. The molecule has 1 aromatic rings. The molecule has 1 nitrogen and oxygen atoms in total. The second-order valence-corrected chi connectivity index (χ2v) is 5.40. The molecule has 1 saturated heterocycles. The zero-order valence-electron chi connectivity index (χ0n) is 8.17. The van der Waals surface area contributed by atoms with Gasteiger partial charge in [0.2, 0.25) is 0 Å². The molecular weight excluding hydrogens is 235 g/mol. The third-order valence-corrected chi connectivity index (χ3v) is 4.05. The summed E-state index contributed by atoms with van der Waals surface area (Å²) in [5.41, 5.74) is -0.0861. The molecule has 0 radical (unpaired) electrons. The minimum atomic E-state index is -0.817. The summed E-state index contributed by atoms with van der Waals surface area (Å²) in [4.78, 5) is 0. The summed E-state index contributed by atoms with van der Waals surface area (Å²) in [6, 6.07) is 4.47. The second kappa shape index (κ2) is 4.32. The van der Waals surface area contributed by atoms with Gasteiger partial charge in [-0.3, -0.25) is 0 Å². The third-order valence-electron chi connectivity index (χ3n) is 2.78. The van der Waals surface area contributed by atoms with Crippen LogP contribution in [-0.4, -0.2) is 16.6 Å². The zero-order chi connectivity index (χ0) is 10.9. The lowest BCUT2D eigenvalue weighted by atomic mass is 9.88. The quantitative estimate of drug-likeness (QED) is 0.821. The van der Waals surface area contributed by atoms with Crippen LogP contribution in [0.15, 0.2) is 18.2 Å². The van der Waals surface area contributed by atoms with E-state index in [0.717, 1.165) is 17.1 Å². The Kier molecular flexibility index (Phi) is 3.24. The lowest BCUT2D eigenvalue weighted by Crippen LogP contribution is -2.30. The second-order valence-electron chi connectivity index (χ2n) is 3.77. The van der Waals surface area contributed by atoms with Crippen LogP contribution in [-0.2, 0) is 5.60 Å². The smallest absolute Gasteiger partial charge is 0.141 e. The predicted molar refractivity (Wildman–Crippen MR) is 61.9 cm³/mol. The number of halogens is 2. The van der Waals surface area contributed by atoms with Gasteiger partial charge in [0.05, 0.1) is 10.6 Å². The molecule has 1 aliphatic rings. The Morgan fingerprint density at radius 2 is 2.00 bits per heavy atom. The SMILES string of the molecule is OC1(c2ccc(F)c(Cl)c2)CCSCC1. The van der Waals surface area contributed by atoms with Gasteiger partial charge in [0.25, 0.3) is 0 Å². The van der Waals surface area contributed by atoms with Crippen molar-refractivity contribution in [1.82, 2.24) is 0 Å². The molecular formula is C11H12ClFOS. The number of rotatable bonds is 1. The molecule has 1 aromatic carbocycles. The molecule has 0 aromatic heterocycles. The Hall–Kier alpha value is -0.250. The van der Waals surface area contributed by atoms with Gasteiger partial charge in [-0.25, -0.2) is 4.39 Å². The van der Waals surface area contributed by atoms with E-state index >= 15 is 0 Å². The van der Waals surface area contributed by atoms with Gasteiger partial charge in [-0.1, -0.05) is 17.7 Å². The summed E-state index contributed by atoms with van der Waals surface area (Å²) in [7, 11) is 0. The molecule has 1 aliphatic heterocycles. The van der Waals surface area contributed by atoms with E-state index in [2.05, 4.69) is 0 Å². The fourth-order valence-electron chi connectivity index (χ4n) is 1.78. The molecule has 0 spiro atoms. The first-order valence-electron chi connectivity index (χ1n) is 4.87. The molecule has 0 atom stereocenters. The fourth-order valence-corrected chi connectivity index (χ4v) is 3.13. The summed E-state index contributed by atoms with van der Waals surface area (Å²) in [5, 5.41) is 10.4. The van der Waals surface area contributed by atoms with Crippen molar-refractivity contribution in [3.8, 4) is 0 Å². The number of hydrogen-bond acceptors (Lipinski definition) is 2. The van der Waals surface area contributed by atoms with Crippen molar-refractivity contribution in [1.29, 1.82) is 0 Å². The molecule has 0 saturated carbocycles. The van der Waals surface area contributed by atoms with Crippen LogP contribution >= 0.6 is 23.4 Å². The van der Waals surface area contributed by atoms with Gasteiger partial charge in [-0.05, 0) is 42.0 Å². The number of benzene rings is 1. The van der Waals surface area contributed by atoms with Crippen LogP contribution in [0.2, 0.25) is 5.02 Å². The van der Waals surface area contributed by atoms with E-state index in [9.17, 15) is 9.50 Å². The van der Waals surface area contributed by atoms with Crippen molar-refractivity contribution in [2.75, 3.05) is 11.5 Å². The van der Waals surface area contributed by atoms with Crippen molar-refractivity contribution in [3.05, 3.63) is 34.6 Å². The van der Waals surface area contributed by atoms with Crippen molar-refractivity contribution in [3.63, 3.8) is 0 Å². The number of aliphatic hydroxyl groups is 1. The first kappa shape index (κ1) is 11.2. The van der Waals surface area contributed by atoms with Crippen LogP contribution in [0, 0.1) is 5.82 Å². The van der Waals surface area contributed by atoms with E-state index in [0.29, 0.717) is 12.8 Å². The van der Waals surface area contributed by atoms with Crippen LogP contribution < -0.4 is 0 Å². The average Bonchev–Trinajstić information content (AvgIpc) is 2.23. The largest absolute Gasteiger partial charge is 0.385 e. The molecule has 4 heteroatoms. The Morgan fingerprint density at radius 3 is 2.60 bits per heavy atom. The number of thioether (sulfide) groups is 1. The van der Waals surface area contributed by atoms with E-state index in [1.165, 1.54) is 12.1 Å². The first-order valence-corrected chi connectivity index (χ1v) is 6.41. The molecule has 0 bridgehead atoms. The maximum atomic E-state index is 13.0. The molecule has 1 heterocycles. The van der Waals surface area contributed by atoms with Gasteiger partial charge in [-0.2, -0.15) is 11.8 Å². The highest BCUT2D eigenvalue weighted by molar-refractivity contribution is 7.99. The maximum absolute atomic E-state index is 13.0. The standard InChI is InChI=1S/C11H12ClFOS/c12-9-7-8(1-2-10(9)13)11(14)3-5-15-6-4-11/h1-2,7,14H,3-6H2. The zero-order valence-corrected chi connectivity index (χ0v) is 9.74. The van der Waals surface area contributed by atoms with E-state index in [1.54, 1.807) is 6.07 Å². The molecule has 2 rings (SSSR count). The van der Waals surface area contributed by atoms with Crippen LogP contribution in [0.4, 0.5) is 4.39 Å². The Balaban J connectivity index is 2.31. The third kappa shape index (κ3) is 2.30. The molecule has 0 unspecified atom stereocenters. The molecule has 1 N–H and O–H groups in total. The van der Waals surface area contributed by atoms with Gasteiger partial charge < -0.3 is 5.11 Å². The van der Waals surface area contributed by atoms with Crippen LogP contribution in [0.3, 0.4) is 0 Å². The van der Waals surface area contributed by atoms with Gasteiger partial charge in [0.15, 0.2) is 0 Å². The highest BCUT2D eigenvalue weighted by Gasteiger charge is 2.31. The fraction of sp³-hybridized carbons (Fsp3) is 0.455. The molecule has 15 heavy (non-hydrogen) atoms. The van der Waals surface area contributed by atoms with Crippen molar-refractivity contribution < 1.29 is 9.50 Å². The lowest BCUT2D eigenvalue weighted by molar-refractivity contribution is 0.0280. The molecule has 0 amide bonds. The van der Waals surface area contributed by atoms with Crippen LogP contribution in [0.1, 0.15) is 18.4 Å². The van der Waals surface area contributed by atoms with Gasteiger partial charge >= 0.3 is 0 Å². The van der Waals surface area contributed by atoms with Crippen molar-refractivity contribution in [2.45, 2.75) is 18.4 Å². The van der Waals surface area contributed by atoms with Gasteiger partial charge in [0.1, 0.15) is 5.82 Å². The first-order chi connectivity index (χ1) is 7.12. The highest BCUT2D eigenvalue weighted by atomic mass is 35.5. The topological polar surface area (TPSA) is 20.2 Å². The summed E-state index contributed by atoms with van der Waals surface area (Å²) in [6.07, 6.45) is 1.42. The molecule has 82 valence electrons. The minimum absolute atomic E-state index is 0.0825.